The SMILES string of the molecule is CCCn1cncc1Cn1cc2c(c1)C(O)CCC2. The zero-order valence-electron chi connectivity index (χ0n) is 11.4. The second-order valence-electron chi connectivity index (χ2n) is 5.40. The molecule has 2 aromatic heterocycles. The summed E-state index contributed by atoms with van der Waals surface area (Å²) in [6.07, 6.45) is 12.0. The quantitative estimate of drug-likeness (QED) is 0.916. The molecular weight excluding hydrogens is 238 g/mol. The van der Waals surface area contributed by atoms with Crippen LogP contribution in [0.4, 0.5) is 0 Å². The van der Waals surface area contributed by atoms with E-state index in [-0.39, 0.29) is 6.10 Å². The number of nitrogens with zero attached hydrogens (tertiary/aromatic N) is 3. The molecule has 102 valence electrons. The van der Waals surface area contributed by atoms with Crippen LogP contribution in [0, 0.1) is 0 Å². The van der Waals surface area contributed by atoms with Crippen LogP contribution in [0.5, 0.6) is 0 Å². The number of aromatic nitrogens is 3. The number of imidazole rings is 1. The third kappa shape index (κ3) is 2.45. The Kier molecular flexibility index (Phi) is 3.42. The lowest BCUT2D eigenvalue weighted by molar-refractivity contribution is 0.157. The summed E-state index contributed by atoms with van der Waals surface area (Å²) in [5.41, 5.74) is 3.65. The van der Waals surface area contributed by atoms with Gasteiger partial charge in [-0.05, 0) is 31.2 Å². The average Bonchev–Trinajstić information content (AvgIpc) is 2.98. The molecular formula is C15H21N3O. The van der Waals surface area contributed by atoms with Crippen molar-refractivity contribution in [3.63, 3.8) is 0 Å². The fourth-order valence-corrected chi connectivity index (χ4v) is 2.92. The van der Waals surface area contributed by atoms with Gasteiger partial charge in [0.15, 0.2) is 0 Å². The lowest BCUT2D eigenvalue weighted by Crippen LogP contribution is -2.06. The summed E-state index contributed by atoms with van der Waals surface area (Å²) in [5.74, 6) is 0. The van der Waals surface area contributed by atoms with Gasteiger partial charge < -0.3 is 14.2 Å². The summed E-state index contributed by atoms with van der Waals surface area (Å²) >= 11 is 0. The van der Waals surface area contributed by atoms with E-state index in [0.29, 0.717) is 0 Å². The van der Waals surface area contributed by atoms with E-state index in [1.54, 1.807) is 0 Å². The van der Waals surface area contributed by atoms with E-state index in [4.69, 9.17) is 0 Å². The molecule has 0 amide bonds. The molecule has 1 N–H and O–H groups in total. The smallest absolute Gasteiger partial charge is 0.0948 e. The monoisotopic (exact) mass is 259 g/mol. The van der Waals surface area contributed by atoms with Crippen molar-refractivity contribution in [3.05, 3.63) is 41.7 Å². The molecule has 2 aromatic rings. The first-order chi connectivity index (χ1) is 9.28. The highest BCUT2D eigenvalue weighted by Gasteiger charge is 2.20. The van der Waals surface area contributed by atoms with E-state index in [2.05, 4.69) is 33.4 Å². The molecule has 1 aliphatic rings. The molecule has 0 bridgehead atoms. The summed E-state index contributed by atoms with van der Waals surface area (Å²) in [5, 5.41) is 10.0. The van der Waals surface area contributed by atoms with Gasteiger partial charge in [-0.25, -0.2) is 4.98 Å². The average molecular weight is 259 g/mol. The van der Waals surface area contributed by atoms with E-state index >= 15 is 0 Å². The molecule has 4 heteroatoms. The lowest BCUT2D eigenvalue weighted by atomic mass is 9.93. The van der Waals surface area contributed by atoms with Gasteiger partial charge in [0.1, 0.15) is 0 Å². The predicted molar refractivity (Wildman–Crippen MR) is 73.9 cm³/mol. The van der Waals surface area contributed by atoms with Gasteiger partial charge in [-0.15, -0.1) is 0 Å². The van der Waals surface area contributed by atoms with Gasteiger partial charge in [0.05, 0.1) is 24.7 Å². The van der Waals surface area contributed by atoms with Gasteiger partial charge in [-0.3, -0.25) is 0 Å². The van der Waals surface area contributed by atoms with Crippen LogP contribution in [0.3, 0.4) is 0 Å². The first kappa shape index (κ1) is 12.5. The maximum Gasteiger partial charge on any atom is 0.0948 e. The summed E-state index contributed by atoms with van der Waals surface area (Å²) < 4.78 is 4.39. The molecule has 1 unspecified atom stereocenters. The molecule has 0 saturated carbocycles. The Bertz CT molecular complexity index is 555. The van der Waals surface area contributed by atoms with Crippen molar-refractivity contribution in [2.24, 2.45) is 0 Å². The molecule has 4 nitrogen and oxygen atoms in total. The molecule has 0 aromatic carbocycles. The Balaban J connectivity index is 1.81. The number of aliphatic hydroxyl groups is 1. The second-order valence-corrected chi connectivity index (χ2v) is 5.40. The number of hydrogen-bond acceptors (Lipinski definition) is 2. The molecule has 1 atom stereocenters. The number of aliphatic hydroxyl groups excluding tert-OH is 1. The van der Waals surface area contributed by atoms with E-state index in [0.717, 1.165) is 44.3 Å². The summed E-state index contributed by atoms with van der Waals surface area (Å²) in [6.45, 7) is 4.02. The van der Waals surface area contributed by atoms with Crippen molar-refractivity contribution in [2.75, 3.05) is 0 Å². The third-order valence-electron chi connectivity index (χ3n) is 3.89. The molecule has 1 aliphatic carbocycles. The molecule has 0 radical (unpaired) electrons. The number of fused-ring (bicyclic) bond motifs is 1. The van der Waals surface area contributed by atoms with Crippen molar-refractivity contribution < 1.29 is 5.11 Å². The summed E-state index contributed by atoms with van der Waals surface area (Å²) in [6, 6.07) is 0. The molecule has 3 rings (SSSR count). The Labute approximate surface area is 113 Å². The van der Waals surface area contributed by atoms with Crippen molar-refractivity contribution >= 4 is 0 Å². The first-order valence-electron chi connectivity index (χ1n) is 7.13. The molecule has 0 aliphatic heterocycles. The maximum atomic E-state index is 10.0. The van der Waals surface area contributed by atoms with Crippen LogP contribution in [-0.2, 0) is 19.5 Å². The highest BCUT2D eigenvalue weighted by molar-refractivity contribution is 5.29. The summed E-state index contributed by atoms with van der Waals surface area (Å²) in [4.78, 5) is 4.23. The van der Waals surface area contributed by atoms with Crippen molar-refractivity contribution in [1.82, 2.24) is 14.1 Å². The van der Waals surface area contributed by atoms with Gasteiger partial charge in [0, 0.05) is 30.7 Å². The van der Waals surface area contributed by atoms with E-state index in [1.165, 1.54) is 11.3 Å². The fraction of sp³-hybridized carbons (Fsp3) is 0.533. The van der Waals surface area contributed by atoms with Crippen molar-refractivity contribution in [1.29, 1.82) is 0 Å². The van der Waals surface area contributed by atoms with Gasteiger partial charge >= 0.3 is 0 Å². The number of rotatable bonds is 4. The van der Waals surface area contributed by atoms with Gasteiger partial charge in [0.2, 0.25) is 0 Å². The molecule has 0 saturated heterocycles. The normalized spacial score (nSPS) is 18.5. The largest absolute Gasteiger partial charge is 0.388 e. The third-order valence-corrected chi connectivity index (χ3v) is 3.89. The molecule has 2 heterocycles. The zero-order chi connectivity index (χ0) is 13.2. The van der Waals surface area contributed by atoms with Gasteiger partial charge in [-0.1, -0.05) is 6.92 Å². The fourth-order valence-electron chi connectivity index (χ4n) is 2.92. The Hall–Kier alpha value is -1.55. The van der Waals surface area contributed by atoms with E-state index < -0.39 is 0 Å². The van der Waals surface area contributed by atoms with Gasteiger partial charge in [0.25, 0.3) is 0 Å². The minimum absolute atomic E-state index is 0.273. The highest BCUT2D eigenvalue weighted by atomic mass is 16.3. The minimum Gasteiger partial charge on any atom is -0.388 e. The van der Waals surface area contributed by atoms with E-state index in [1.807, 2.05) is 12.5 Å². The Morgan fingerprint density at radius 3 is 3.11 bits per heavy atom. The first-order valence-corrected chi connectivity index (χ1v) is 7.13. The lowest BCUT2D eigenvalue weighted by Gasteiger charge is -2.16. The van der Waals surface area contributed by atoms with Crippen LogP contribution in [0.2, 0.25) is 0 Å². The molecule has 0 fully saturated rings. The van der Waals surface area contributed by atoms with Crippen LogP contribution in [0.1, 0.15) is 49.1 Å². The number of aryl methyl sites for hydroxylation is 2. The Morgan fingerprint density at radius 1 is 1.42 bits per heavy atom. The van der Waals surface area contributed by atoms with Gasteiger partial charge in [-0.2, -0.15) is 0 Å². The van der Waals surface area contributed by atoms with Crippen molar-refractivity contribution in [2.45, 2.75) is 51.8 Å². The highest BCUT2D eigenvalue weighted by Crippen LogP contribution is 2.30. The van der Waals surface area contributed by atoms with Crippen LogP contribution in [-0.4, -0.2) is 19.2 Å². The van der Waals surface area contributed by atoms with Crippen LogP contribution < -0.4 is 0 Å². The predicted octanol–water partition coefficient (Wildman–Crippen LogP) is 2.51. The molecule has 0 spiro atoms. The number of hydrogen-bond donors (Lipinski definition) is 1. The van der Waals surface area contributed by atoms with Crippen molar-refractivity contribution in [3.8, 4) is 0 Å². The minimum atomic E-state index is -0.273. The second kappa shape index (κ2) is 5.21. The zero-order valence-corrected chi connectivity index (χ0v) is 11.4. The summed E-state index contributed by atoms with van der Waals surface area (Å²) in [7, 11) is 0. The van der Waals surface area contributed by atoms with Crippen LogP contribution >= 0.6 is 0 Å². The topological polar surface area (TPSA) is 43.0 Å². The Morgan fingerprint density at radius 2 is 2.32 bits per heavy atom. The molecule has 19 heavy (non-hydrogen) atoms. The van der Waals surface area contributed by atoms with Crippen LogP contribution in [0.25, 0.3) is 0 Å². The standard InChI is InChI=1S/C15H21N3O/c1-2-6-18-11-16-7-13(18)9-17-8-12-4-3-5-15(19)14(12)10-17/h7-8,10-11,15,19H,2-6,9H2,1H3. The van der Waals surface area contributed by atoms with Crippen LogP contribution in [0.15, 0.2) is 24.9 Å². The van der Waals surface area contributed by atoms with E-state index in [9.17, 15) is 5.11 Å². The maximum absolute atomic E-state index is 10.0.